The van der Waals surface area contributed by atoms with Crippen LogP contribution in [0.15, 0.2) is 0 Å². The van der Waals surface area contributed by atoms with Gasteiger partial charge in [0.05, 0.1) is 32.5 Å². The minimum atomic E-state index is -1.99. The molecule has 10 aliphatic rings. The van der Waals surface area contributed by atoms with Crippen molar-refractivity contribution in [2.24, 2.45) is 52.3 Å². The molecule has 21 nitrogen and oxygen atoms in total. The molecular weight excluding hydrogens is 935 g/mol. The van der Waals surface area contributed by atoms with E-state index >= 15 is 0 Å². The van der Waals surface area contributed by atoms with Crippen molar-refractivity contribution in [3.8, 4) is 0 Å². The average Bonchev–Trinajstić information content (AvgIpc) is 3.83. The molecule has 0 amide bonds. The van der Waals surface area contributed by atoms with E-state index in [1.807, 2.05) is 0 Å². The molecule has 4 aliphatic carbocycles. The van der Waals surface area contributed by atoms with Gasteiger partial charge in [-0.05, 0) is 116 Å². The molecule has 0 spiro atoms. The van der Waals surface area contributed by atoms with Crippen molar-refractivity contribution in [2.45, 2.75) is 227 Å². The van der Waals surface area contributed by atoms with E-state index in [1.54, 1.807) is 0 Å². The van der Waals surface area contributed by atoms with E-state index in [-0.39, 0.29) is 11.5 Å². The molecule has 4 saturated carbocycles. The number of rotatable bonds is 11. The van der Waals surface area contributed by atoms with Crippen LogP contribution in [-0.4, -0.2) is 234 Å². The maximum atomic E-state index is 11.8. The smallest absolute Gasteiger partial charge is 0.187 e. The van der Waals surface area contributed by atoms with E-state index in [9.17, 15) is 61.3 Å². The summed E-state index contributed by atoms with van der Waals surface area (Å²) < 4.78 is 48.0. The minimum absolute atomic E-state index is 0.145. The SMILES string of the molecule is C[C@H]1CC[C@H]2[C@@H](C)C3C(CC4[C@@H]5CCC6C[C@@H](O[C@@H]7O[C@H](CO)[C@H](O[C@@H]8O[C@H](CO)[C@@H](O)[C@H](O[C@@H]9OC[C@@H](O)[C@H](O)[C@H]9O)[C@H]8O[C@@H]8O[C@H](CO)[C@@H](O)[C@H](O)[C@H]8O)[C@H](O)[C@H]7O)CC[C@]6(C)C5CC[C@@]43C)N2C1. The number of hydrogen-bond acceptors (Lipinski definition) is 21. The van der Waals surface area contributed by atoms with Crippen LogP contribution >= 0.6 is 0 Å². The highest BCUT2D eigenvalue weighted by Gasteiger charge is 2.67. The summed E-state index contributed by atoms with van der Waals surface area (Å²) in [5.74, 6) is 4.74. The largest absolute Gasteiger partial charge is 0.394 e. The Hall–Kier alpha value is -0.840. The quantitative estimate of drug-likeness (QED) is 0.0966. The molecule has 0 bridgehead atoms. The van der Waals surface area contributed by atoms with Crippen LogP contribution in [0.4, 0.5) is 0 Å². The van der Waals surface area contributed by atoms with Crippen molar-refractivity contribution in [1.82, 2.24) is 4.90 Å². The van der Waals surface area contributed by atoms with Crippen LogP contribution in [0, 0.1) is 52.3 Å². The summed E-state index contributed by atoms with van der Waals surface area (Å²) in [5, 5.41) is 129. The molecular formula is C50H83NO20. The van der Waals surface area contributed by atoms with E-state index in [1.165, 1.54) is 45.1 Å². The lowest BCUT2D eigenvalue weighted by Crippen LogP contribution is -2.68. The van der Waals surface area contributed by atoms with Gasteiger partial charge in [0, 0.05) is 18.6 Å². The van der Waals surface area contributed by atoms with Gasteiger partial charge in [0.2, 0.25) is 0 Å². The summed E-state index contributed by atoms with van der Waals surface area (Å²) in [5.41, 5.74) is 0.517. The Morgan fingerprint density at radius 3 is 1.87 bits per heavy atom. The Kier molecular flexibility index (Phi) is 15.7. The second kappa shape index (κ2) is 20.8. The molecule has 0 aromatic rings. The summed E-state index contributed by atoms with van der Waals surface area (Å²) in [6.07, 6.45) is -21.7. The first kappa shape index (κ1) is 53.6. The lowest BCUT2D eigenvalue weighted by molar-refractivity contribution is -0.404. The van der Waals surface area contributed by atoms with Crippen molar-refractivity contribution in [3.05, 3.63) is 0 Å². The zero-order chi connectivity index (χ0) is 50.6. The first-order chi connectivity index (χ1) is 33.8. The molecule has 0 aromatic carbocycles. The van der Waals surface area contributed by atoms with E-state index in [4.69, 9.17) is 37.9 Å². The van der Waals surface area contributed by atoms with Crippen molar-refractivity contribution in [1.29, 1.82) is 0 Å². The third-order valence-corrected chi connectivity index (χ3v) is 20.4. The van der Waals surface area contributed by atoms with Crippen LogP contribution in [-0.2, 0) is 37.9 Å². The highest BCUT2D eigenvalue weighted by Crippen LogP contribution is 2.71. The van der Waals surface area contributed by atoms with Gasteiger partial charge in [-0.3, -0.25) is 4.90 Å². The molecule has 31 atom stereocenters. The van der Waals surface area contributed by atoms with E-state index in [0.717, 1.165) is 55.4 Å². The number of hydrogen-bond donors (Lipinski definition) is 12. The van der Waals surface area contributed by atoms with Gasteiger partial charge < -0.3 is 99.2 Å². The van der Waals surface area contributed by atoms with Crippen LogP contribution in [0.3, 0.4) is 0 Å². The Morgan fingerprint density at radius 1 is 0.521 bits per heavy atom. The second-order valence-electron chi connectivity index (χ2n) is 24.0. The summed E-state index contributed by atoms with van der Waals surface area (Å²) in [6.45, 7) is 8.43. The summed E-state index contributed by atoms with van der Waals surface area (Å²) in [4.78, 5) is 2.94. The first-order valence-electron chi connectivity index (χ1n) is 26.7. The fourth-order valence-corrected chi connectivity index (χ4v) is 16.6. The third-order valence-electron chi connectivity index (χ3n) is 20.4. The van der Waals surface area contributed by atoms with Gasteiger partial charge in [-0.15, -0.1) is 0 Å². The van der Waals surface area contributed by atoms with Gasteiger partial charge in [-0.2, -0.15) is 0 Å². The number of ether oxygens (including phenoxy) is 8. The fraction of sp³-hybridized carbons (Fsp3) is 1.00. The molecule has 6 saturated heterocycles. The molecule has 5 unspecified atom stereocenters. The minimum Gasteiger partial charge on any atom is -0.394 e. The van der Waals surface area contributed by atoms with Crippen molar-refractivity contribution >= 4 is 0 Å². The van der Waals surface area contributed by atoms with E-state index in [2.05, 4.69) is 32.6 Å². The zero-order valence-corrected chi connectivity index (χ0v) is 41.4. The third kappa shape index (κ3) is 9.20. The van der Waals surface area contributed by atoms with Crippen LogP contribution in [0.5, 0.6) is 0 Å². The number of piperidine rings is 1. The highest BCUT2D eigenvalue weighted by atomic mass is 16.8. The molecule has 71 heavy (non-hydrogen) atoms. The van der Waals surface area contributed by atoms with Crippen molar-refractivity contribution < 1.29 is 99.2 Å². The summed E-state index contributed by atoms with van der Waals surface area (Å²) in [7, 11) is 0. The molecule has 21 heteroatoms. The van der Waals surface area contributed by atoms with Crippen LogP contribution < -0.4 is 0 Å². The van der Waals surface area contributed by atoms with E-state index < -0.39 is 143 Å². The Labute approximate surface area is 415 Å². The molecule has 408 valence electrons. The molecule has 10 rings (SSSR count). The maximum absolute atomic E-state index is 11.8. The van der Waals surface area contributed by atoms with Crippen LogP contribution in [0.1, 0.15) is 91.9 Å². The van der Waals surface area contributed by atoms with Gasteiger partial charge in [0.15, 0.2) is 25.2 Å². The standard InChI is InChI=1S/C50H83NO20/c1-20-5-8-27-21(2)33-28(51(27)15-20)14-26-24-7-6-22-13-23(9-11-49(22,3)25(24)10-12-50(26,33)4)65-46-41(63)38(60)42(32(18-54)68-46)69-48-44(71-47-40(62)37(59)35(57)30(16-52)66-47)43(36(58)31(17-53)67-48)70-45-39(61)34(56)29(55)19-64-45/h20-48,52-63H,5-19H2,1-4H3/t20-,21+,22?,23-,24+,25?,26?,27-,28?,29+,30+,31+,32+,33?,34-,35+,36+,37-,38+,39+,40+,41+,42-,43-,44+,45-,46+,47-,48-,49-,50-/m0/s1. The number of fused-ring (bicyclic) bond motifs is 9. The predicted molar refractivity (Wildman–Crippen MR) is 243 cm³/mol. The van der Waals surface area contributed by atoms with Gasteiger partial charge >= 0.3 is 0 Å². The monoisotopic (exact) mass is 1020 g/mol. The predicted octanol–water partition coefficient (Wildman–Crippen LogP) is -2.33. The van der Waals surface area contributed by atoms with Gasteiger partial charge in [0.25, 0.3) is 0 Å². The van der Waals surface area contributed by atoms with Gasteiger partial charge in [-0.1, -0.05) is 27.7 Å². The molecule has 0 radical (unpaired) electrons. The van der Waals surface area contributed by atoms with E-state index in [0.29, 0.717) is 29.2 Å². The number of aliphatic hydroxyl groups excluding tert-OH is 12. The van der Waals surface area contributed by atoms with Crippen LogP contribution in [0.25, 0.3) is 0 Å². The Morgan fingerprint density at radius 2 is 1.14 bits per heavy atom. The zero-order valence-electron chi connectivity index (χ0n) is 41.4. The summed E-state index contributed by atoms with van der Waals surface area (Å²) >= 11 is 0. The van der Waals surface area contributed by atoms with Gasteiger partial charge in [-0.25, -0.2) is 0 Å². The normalized spacial score (nSPS) is 57.5. The molecule has 0 aromatic heterocycles. The van der Waals surface area contributed by atoms with Crippen molar-refractivity contribution in [2.75, 3.05) is 33.0 Å². The van der Waals surface area contributed by atoms with Gasteiger partial charge in [0.1, 0.15) is 91.6 Å². The van der Waals surface area contributed by atoms with Crippen molar-refractivity contribution in [3.63, 3.8) is 0 Å². The van der Waals surface area contributed by atoms with Crippen LogP contribution in [0.2, 0.25) is 0 Å². The summed E-state index contributed by atoms with van der Waals surface area (Å²) in [6, 6.07) is 1.44. The molecule has 12 N–H and O–H groups in total. The number of aliphatic hydroxyl groups is 12. The Balaban J connectivity index is 0.821. The maximum Gasteiger partial charge on any atom is 0.187 e. The lowest BCUT2D eigenvalue weighted by Gasteiger charge is -2.61. The molecule has 6 aliphatic heterocycles. The Bertz CT molecular complexity index is 1810. The lowest BCUT2D eigenvalue weighted by atomic mass is 9.44. The highest BCUT2D eigenvalue weighted by molar-refractivity contribution is 5.17. The first-order valence-corrected chi connectivity index (χ1v) is 26.7. The second-order valence-corrected chi connectivity index (χ2v) is 24.0. The molecule has 10 fully saturated rings. The topological polar surface area (TPSA) is 320 Å². The molecule has 6 heterocycles. The number of nitrogens with zero attached hydrogens (tertiary/aromatic N) is 1. The fourth-order valence-electron chi connectivity index (χ4n) is 16.6. The average molecular weight is 1020 g/mol.